The third-order valence-electron chi connectivity index (χ3n) is 15.7. The van der Waals surface area contributed by atoms with Crippen LogP contribution in [0, 0.1) is 17.8 Å². The molecule has 17 nitrogen and oxygen atoms in total. The molecule has 0 aromatic heterocycles. The first kappa shape index (κ1) is 84.1. The van der Waals surface area contributed by atoms with E-state index in [0.29, 0.717) is 25.7 Å². The van der Waals surface area contributed by atoms with Crippen molar-refractivity contribution in [3.8, 4) is 0 Å². The number of phosphoric acid groups is 2. The standard InChI is InChI=1S/C67H130O17P2/c1-8-10-11-12-13-14-18-27-34-41-48-64(69)77-54-63(84-67(72)51-44-37-30-22-20-25-32-39-46-59(5)6)57-82-86(75,76)80-53-61(68)52-79-85(73,74)81-56-62(55-78-65(70)49-42-35-28-23-21-26-33-40-47-60(7)9-2)83-66(71)50-43-36-29-19-16-15-17-24-31-38-45-58(3)4/h58-63,68H,8-57H2,1-7H3,(H,73,74)(H,75,76)/t60?,61-,62-,63-/m1/s1. The van der Waals surface area contributed by atoms with Crippen LogP contribution in [0.3, 0.4) is 0 Å². The number of unbranched alkanes of at least 4 members (excludes halogenated alkanes) is 32. The first-order valence-corrected chi connectivity index (χ1v) is 37.9. The molecule has 0 rings (SSSR count). The van der Waals surface area contributed by atoms with Crippen LogP contribution in [0.1, 0.15) is 331 Å². The number of carbonyl (C=O) groups excluding carboxylic acids is 4. The molecule has 0 saturated heterocycles. The van der Waals surface area contributed by atoms with Crippen LogP contribution >= 0.6 is 15.6 Å². The summed E-state index contributed by atoms with van der Waals surface area (Å²) in [7, 11) is -9.89. The summed E-state index contributed by atoms with van der Waals surface area (Å²) < 4.78 is 68.1. The molecule has 0 aliphatic heterocycles. The minimum Gasteiger partial charge on any atom is -0.462 e. The number of esters is 4. The lowest BCUT2D eigenvalue weighted by atomic mass is 9.99. The Hall–Kier alpha value is -1.94. The SMILES string of the molecule is CCCCCCCCCCCCC(=O)OC[C@H](COP(=O)(O)OC[C@H](O)COP(=O)(O)OC[C@@H](COC(=O)CCCCCCCCCCC(C)CC)OC(=O)CCCCCCCCCCCCC(C)C)OC(=O)CCCCCCCCCCC(C)C. The average Bonchev–Trinajstić information content (AvgIpc) is 3.63. The van der Waals surface area contributed by atoms with Gasteiger partial charge in [0.15, 0.2) is 12.2 Å². The maximum atomic E-state index is 13.0. The van der Waals surface area contributed by atoms with Gasteiger partial charge in [0.25, 0.3) is 0 Å². The van der Waals surface area contributed by atoms with Gasteiger partial charge in [-0.1, -0.05) is 280 Å². The average molecular weight is 1270 g/mol. The maximum Gasteiger partial charge on any atom is 0.472 e. The lowest BCUT2D eigenvalue weighted by Gasteiger charge is -2.21. The predicted molar refractivity (Wildman–Crippen MR) is 344 cm³/mol. The van der Waals surface area contributed by atoms with Gasteiger partial charge in [-0.3, -0.25) is 37.3 Å². The minimum atomic E-state index is -4.95. The van der Waals surface area contributed by atoms with Crippen LogP contribution in [0.2, 0.25) is 0 Å². The molecule has 0 saturated carbocycles. The van der Waals surface area contributed by atoms with E-state index in [-0.39, 0.29) is 25.7 Å². The molecular formula is C67H130O17P2. The summed E-state index contributed by atoms with van der Waals surface area (Å²) in [6, 6.07) is 0. The van der Waals surface area contributed by atoms with E-state index in [1.165, 1.54) is 141 Å². The molecule has 0 aromatic rings. The largest absolute Gasteiger partial charge is 0.472 e. The molecule has 0 radical (unpaired) electrons. The molecule has 0 heterocycles. The van der Waals surface area contributed by atoms with Crippen molar-refractivity contribution in [1.29, 1.82) is 0 Å². The highest BCUT2D eigenvalue weighted by Gasteiger charge is 2.30. The molecule has 86 heavy (non-hydrogen) atoms. The van der Waals surface area contributed by atoms with E-state index >= 15 is 0 Å². The zero-order valence-corrected chi connectivity index (χ0v) is 57.6. The van der Waals surface area contributed by atoms with Crippen LogP contribution in [-0.2, 0) is 65.4 Å². The number of hydrogen-bond donors (Lipinski definition) is 3. The molecule has 0 aromatic carbocycles. The fourth-order valence-electron chi connectivity index (χ4n) is 9.98. The van der Waals surface area contributed by atoms with E-state index in [9.17, 15) is 43.2 Å². The Morgan fingerprint density at radius 2 is 0.593 bits per heavy atom. The molecule has 0 bridgehead atoms. The summed E-state index contributed by atoms with van der Waals surface area (Å²) >= 11 is 0. The van der Waals surface area contributed by atoms with Crippen LogP contribution in [0.25, 0.3) is 0 Å². The van der Waals surface area contributed by atoms with E-state index in [4.69, 9.17) is 37.0 Å². The summed E-state index contributed by atoms with van der Waals surface area (Å²) in [5.74, 6) is 0.115. The highest BCUT2D eigenvalue weighted by Crippen LogP contribution is 2.45. The second-order valence-corrected chi connectivity index (χ2v) is 28.3. The fourth-order valence-corrected chi connectivity index (χ4v) is 11.6. The molecule has 0 aliphatic carbocycles. The van der Waals surface area contributed by atoms with Crippen LogP contribution in [0.5, 0.6) is 0 Å². The number of phosphoric ester groups is 2. The second-order valence-electron chi connectivity index (χ2n) is 25.4. The van der Waals surface area contributed by atoms with E-state index in [1.807, 2.05) is 0 Å². The molecule has 0 aliphatic rings. The Balaban J connectivity index is 5.26. The lowest BCUT2D eigenvalue weighted by Crippen LogP contribution is -2.30. The lowest BCUT2D eigenvalue weighted by molar-refractivity contribution is -0.161. The van der Waals surface area contributed by atoms with Crippen LogP contribution < -0.4 is 0 Å². The van der Waals surface area contributed by atoms with Crippen LogP contribution in [0.4, 0.5) is 0 Å². The zero-order chi connectivity index (χ0) is 63.8. The van der Waals surface area contributed by atoms with Gasteiger partial charge in [-0.25, -0.2) is 9.13 Å². The maximum absolute atomic E-state index is 13.0. The Labute approximate surface area is 524 Å². The molecule has 3 unspecified atom stereocenters. The number of rotatable bonds is 65. The molecule has 0 spiro atoms. The highest BCUT2D eigenvalue weighted by atomic mass is 31.2. The quantitative estimate of drug-likeness (QED) is 0.0222. The Kier molecular flexibility index (Phi) is 56.9. The normalized spacial score (nSPS) is 14.6. The molecule has 19 heteroatoms. The predicted octanol–water partition coefficient (Wildman–Crippen LogP) is 18.7. The van der Waals surface area contributed by atoms with E-state index in [1.54, 1.807) is 0 Å². The van der Waals surface area contributed by atoms with Crippen molar-refractivity contribution in [1.82, 2.24) is 0 Å². The van der Waals surface area contributed by atoms with Crippen molar-refractivity contribution in [2.24, 2.45) is 17.8 Å². The van der Waals surface area contributed by atoms with Gasteiger partial charge in [-0.05, 0) is 43.4 Å². The summed E-state index contributed by atoms with van der Waals surface area (Å²) in [5, 5.41) is 10.6. The summed E-state index contributed by atoms with van der Waals surface area (Å²) in [6.45, 7) is 11.8. The van der Waals surface area contributed by atoms with E-state index in [0.717, 1.165) is 108 Å². The van der Waals surface area contributed by atoms with Gasteiger partial charge in [0.2, 0.25) is 0 Å². The van der Waals surface area contributed by atoms with Gasteiger partial charge in [0, 0.05) is 25.7 Å². The van der Waals surface area contributed by atoms with Gasteiger partial charge >= 0.3 is 39.5 Å². The smallest absolute Gasteiger partial charge is 0.462 e. The third kappa shape index (κ3) is 59.7. The molecule has 510 valence electrons. The first-order valence-electron chi connectivity index (χ1n) is 34.9. The Morgan fingerprint density at radius 1 is 0.337 bits per heavy atom. The van der Waals surface area contributed by atoms with Gasteiger partial charge < -0.3 is 33.8 Å². The van der Waals surface area contributed by atoms with Crippen molar-refractivity contribution in [2.75, 3.05) is 39.6 Å². The Morgan fingerprint density at radius 3 is 0.884 bits per heavy atom. The van der Waals surface area contributed by atoms with Crippen molar-refractivity contribution >= 4 is 39.5 Å². The molecule has 3 N–H and O–H groups in total. The number of aliphatic hydroxyl groups excluding tert-OH is 1. The second kappa shape index (κ2) is 58.2. The third-order valence-corrected chi connectivity index (χ3v) is 17.6. The monoisotopic (exact) mass is 1270 g/mol. The fraction of sp³-hybridized carbons (Fsp3) is 0.940. The zero-order valence-electron chi connectivity index (χ0n) is 55.8. The van der Waals surface area contributed by atoms with Crippen molar-refractivity contribution in [3.63, 3.8) is 0 Å². The molecule has 0 amide bonds. The van der Waals surface area contributed by atoms with Gasteiger partial charge in [0.05, 0.1) is 26.4 Å². The van der Waals surface area contributed by atoms with Gasteiger partial charge in [-0.2, -0.15) is 0 Å². The number of carbonyl (C=O) groups is 4. The number of aliphatic hydroxyl groups is 1. The van der Waals surface area contributed by atoms with E-state index in [2.05, 4.69) is 48.5 Å². The van der Waals surface area contributed by atoms with E-state index < -0.39 is 97.5 Å². The Bertz CT molecular complexity index is 1700. The number of hydrogen-bond acceptors (Lipinski definition) is 15. The van der Waals surface area contributed by atoms with Crippen molar-refractivity contribution in [3.05, 3.63) is 0 Å². The molecule has 0 fully saturated rings. The van der Waals surface area contributed by atoms with Crippen LogP contribution in [-0.4, -0.2) is 96.7 Å². The van der Waals surface area contributed by atoms with Gasteiger partial charge in [0.1, 0.15) is 19.3 Å². The summed E-state index contributed by atoms with van der Waals surface area (Å²) in [5.41, 5.74) is 0. The molecule has 6 atom stereocenters. The molecular weight excluding hydrogens is 1140 g/mol. The minimum absolute atomic E-state index is 0.104. The van der Waals surface area contributed by atoms with Crippen molar-refractivity contribution in [2.45, 2.75) is 349 Å². The summed E-state index contributed by atoms with van der Waals surface area (Å²) in [6.07, 6.45) is 40.2. The van der Waals surface area contributed by atoms with Crippen LogP contribution in [0.15, 0.2) is 0 Å². The van der Waals surface area contributed by atoms with Crippen molar-refractivity contribution < 1.29 is 80.2 Å². The number of ether oxygens (including phenoxy) is 4. The van der Waals surface area contributed by atoms with Gasteiger partial charge in [-0.15, -0.1) is 0 Å². The highest BCUT2D eigenvalue weighted by molar-refractivity contribution is 7.47. The topological polar surface area (TPSA) is 237 Å². The first-order chi connectivity index (χ1) is 41.3. The summed E-state index contributed by atoms with van der Waals surface area (Å²) in [4.78, 5) is 72.4.